The van der Waals surface area contributed by atoms with Gasteiger partial charge in [0.25, 0.3) is 5.56 Å². The Kier molecular flexibility index (Phi) is 5.89. The Balaban J connectivity index is 1.71. The lowest BCUT2D eigenvalue weighted by atomic mass is 10.2. The fourth-order valence-electron chi connectivity index (χ4n) is 2.96. The van der Waals surface area contributed by atoms with Gasteiger partial charge in [-0.05, 0) is 19.1 Å². The van der Waals surface area contributed by atoms with E-state index >= 15 is 0 Å². The van der Waals surface area contributed by atoms with Crippen LogP contribution in [-0.4, -0.2) is 59.4 Å². The number of rotatable bonds is 6. The first kappa shape index (κ1) is 17.4. The van der Waals surface area contributed by atoms with Crippen molar-refractivity contribution in [1.82, 2.24) is 9.55 Å². The smallest absolute Gasteiger partial charge is 0.262 e. The molecule has 0 radical (unpaired) electrons. The van der Waals surface area contributed by atoms with Crippen molar-refractivity contribution in [3.8, 4) is 0 Å². The molecule has 1 aromatic carbocycles. The predicted molar refractivity (Wildman–Crippen MR) is 94.8 cm³/mol. The highest BCUT2D eigenvalue weighted by atomic mass is 32.2. The molecule has 1 aliphatic heterocycles. The zero-order chi connectivity index (χ0) is 16.9. The van der Waals surface area contributed by atoms with Crippen LogP contribution < -0.4 is 10.5 Å². The first-order valence-electron chi connectivity index (χ1n) is 8.40. The van der Waals surface area contributed by atoms with Crippen LogP contribution in [-0.2, 0) is 11.3 Å². The van der Waals surface area contributed by atoms with Crippen molar-refractivity contribution in [3.05, 3.63) is 34.6 Å². The fourth-order valence-corrected chi connectivity index (χ4v) is 3.95. The molecule has 1 atom stereocenters. The number of ether oxygens (including phenoxy) is 1. The Morgan fingerprint density at radius 1 is 1.38 bits per heavy atom. The summed E-state index contributed by atoms with van der Waals surface area (Å²) in [5, 5.41) is 11.6. The average Bonchev–Trinajstić information content (AvgIpc) is 2.61. The highest BCUT2D eigenvalue weighted by molar-refractivity contribution is 7.99. The van der Waals surface area contributed by atoms with Gasteiger partial charge in [0.2, 0.25) is 0 Å². The number of hydrogen-bond acceptors (Lipinski definition) is 5. The van der Waals surface area contributed by atoms with Crippen LogP contribution in [0.5, 0.6) is 0 Å². The van der Waals surface area contributed by atoms with Crippen LogP contribution in [0.2, 0.25) is 0 Å². The lowest BCUT2D eigenvalue weighted by molar-refractivity contribution is -0.910. The minimum absolute atomic E-state index is 0.0149. The maximum absolute atomic E-state index is 12.6. The van der Waals surface area contributed by atoms with Gasteiger partial charge in [0.1, 0.15) is 25.7 Å². The van der Waals surface area contributed by atoms with Gasteiger partial charge in [0, 0.05) is 12.3 Å². The summed E-state index contributed by atoms with van der Waals surface area (Å²) in [5.74, 6) is 0.537. The van der Waals surface area contributed by atoms with Gasteiger partial charge in [-0.2, -0.15) is 0 Å². The maximum atomic E-state index is 12.6. The number of nitrogens with zero attached hydrogens (tertiary/aromatic N) is 2. The molecule has 3 rings (SSSR count). The van der Waals surface area contributed by atoms with Crippen LogP contribution in [0.1, 0.15) is 6.92 Å². The topological polar surface area (TPSA) is 68.8 Å². The molecule has 1 aromatic heterocycles. The Bertz CT molecular complexity index is 743. The van der Waals surface area contributed by atoms with Crippen molar-refractivity contribution in [2.75, 3.05) is 38.6 Å². The van der Waals surface area contributed by atoms with Crippen LogP contribution in [0.15, 0.2) is 34.2 Å². The molecule has 0 aliphatic carbocycles. The van der Waals surface area contributed by atoms with E-state index in [1.165, 1.54) is 16.7 Å². The van der Waals surface area contributed by atoms with Gasteiger partial charge in [0.15, 0.2) is 5.16 Å². The van der Waals surface area contributed by atoms with E-state index in [0.29, 0.717) is 34.9 Å². The first-order chi connectivity index (χ1) is 11.7. The van der Waals surface area contributed by atoms with Crippen molar-refractivity contribution in [2.24, 2.45) is 0 Å². The van der Waals surface area contributed by atoms with Gasteiger partial charge < -0.3 is 14.7 Å². The van der Waals surface area contributed by atoms with Crippen molar-refractivity contribution in [2.45, 2.75) is 24.7 Å². The third kappa shape index (κ3) is 3.97. The molecular weight excluding hydrogens is 326 g/mol. The zero-order valence-corrected chi connectivity index (χ0v) is 14.7. The summed E-state index contributed by atoms with van der Waals surface area (Å²) in [7, 11) is 0. The summed E-state index contributed by atoms with van der Waals surface area (Å²) in [4.78, 5) is 18.6. The van der Waals surface area contributed by atoms with Gasteiger partial charge in [-0.3, -0.25) is 9.36 Å². The summed E-state index contributed by atoms with van der Waals surface area (Å²) in [6.45, 7) is 6.62. The number of aliphatic hydroxyl groups is 1. The van der Waals surface area contributed by atoms with Gasteiger partial charge in [-0.25, -0.2) is 4.98 Å². The van der Waals surface area contributed by atoms with E-state index in [4.69, 9.17) is 4.74 Å². The third-order valence-corrected chi connectivity index (χ3v) is 5.39. The molecule has 1 aliphatic rings. The molecular formula is C17H24N3O3S+. The number of quaternary nitrogens is 1. The number of fused-ring (bicyclic) bond motifs is 1. The molecule has 130 valence electrons. The number of hydrogen-bond donors (Lipinski definition) is 2. The molecule has 2 heterocycles. The van der Waals surface area contributed by atoms with Crippen molar-refractivity contribution >= 4 is 22.7 Å². The summed E-state index contributed by atoms with van der Waals surface area (Å²) in [5.41, 5.74) is 0.696. The molecule has 0 spiro atoms. The Labute approximate surface area is 145 Å². The second kappa shape index (κ2) is 8.11. The molecule has 2 N–H and O–H groups in total. The van der Waals surface area contributed by atoms with Crippen molar-refractivity contribution < 1.29 is 14.7 Å². The minimum atomic E-state index is -0.420. The minimum Gasteiger partial charge on any atom is -0.386 e. The first-order valence-corrected chi connectivity index (χ1v) is 9.39. The molecule has 24 heavy (non-hydrogen) atoms. The number of thioether (sulfide) groups is 1. The van der Waals surface area contributed by atoms with E-state index < -0.39 is 6.10 Å². The van der Waals surface area contributed by atoms with Gasteiger partial charge >= 0.3 is 0 Å². The summed E-state index contributed by atoms with van der Waals surface area (Å²) < 4.78 is 7.02. The normalized spacial score (nSPS) is 17.2. The number of para-hydroxylation sites is 1. The SMILES string of the molecule is CCn1c(SC[C@H](O)C[NH+]2CCOCC2)nc2ccccc2c1=O. The summed E-state index contributed by atoms with van der Waals surface area (Å²) in [6, 6.07) is 7.40. The summed E-state index contributed by atoms with van der Waals surface area (Å²) in [6.07, 6.45) is -0.420. The predicted octanol–water partition coefficient (Wildman–Crippen LogP) is -0.215. The second-order valence-corrected chi connectivity index (χ2v) is 6.98. The van der Waals surface area contributed by atoms with E-state index in [0.717, 1.165) is 26.3 Å². The summed E-state index contributed by atoms with van der Waals surface area (Å²) >= 11 is 1.45. The Morgan fingerprint density at radius 2 is 2.12 bits per heavy atom. The van der Waals surface area contributed by atoms with Gasteiger partial charge in [0.05, 0.1) is 24.1 Å². The van der Waals surface area contributed by atoms with E-state index in [1.807, 2.05) is 31.2 Å². The fraction of sp³-hybridized carbons (Fsp3) is 0.529. The van der Waals surface area contributed by atoms with Crippen LogP contribution in [0.4, 0.5) is 0 Å². The quantitative estimate of drug-likeness (QED) is 0.557. The maximum Gasteiger partial charge on any atom is 0.262 e. The van der Waals surface area contributed by atoms with E-state index in [-0.39, 0.29) is 5.56 Å². The van der Waals surface area contributed by atoms with Crippen LogP contribution in [0.25, 0.3) is 10.9 Å². The molecule has 1 fully saturated rings. The number of benzene rings is 1. The second-order valence-electron chi connectivity index (χ2n) is 5.99. The molecule has 0 saturated carbocycles. The largest absolute Gasteiger partial charge is 0.386 e. The van der Waals surface area contributed by atoms with Crippen molar-refractivity contribution in [3.63, 3.8) is 0 Å². The van der Waals surface area contributed by atoms with Crippen LogP contribution >= 0.6 is 11.8 Å². The molecule has 0 unspecified atom stereocenters. The molecule has 1 saturated heterocycles. The lowest BCUT2D eigenvalue weighted by Crippen LogP contribution is -3.15. The Morgan fingerprint density at radius 3 is 2.88 bits per heavy atom. The monoisotopic (exact) mass is 350 g/mol. The standard InChI is InChI=1S/C17H23N3O3S/c1-2-20-16(22)14-5-3-4-6-15(14)18-17(20)24-12-13(21)11-19-7-9-23-10-8-19/h3-6,13,21H,2,7-12H2,1H3/p+1/t13-/m1/s1. The number of morpholine rings is 1. The number of nitrogens with one attached hydrogen (secondary N) is 1. The molecule has 0 amide bonds. The third-order valence-electron chi connectivity index (χ3n) is 4.27. The highest BCUT2D eigenvalue weighted by Crippen LogP contribution is 2.18. The average molecular weight is 350 g/mol. The zero-order valence-electron chi connectivity index (χ0n) is 13.9. The molecule has 6 nitrogen and oxygen atoms in total. The molecule has 2 aromatic rings. The number of aliphatic hydroxyl groups excluding tert-OH is 1. The highest BCUT2D eigenvalue weighted by Gasteiger charge is 2.19. The van der Waals surface area contributed by atoms with E-state index in [9.17, 15) is 9.90 Å². The van der Waals surface area contributed by atoms with Crippen LogP contribution in [0.3, 0.4) is 0 Å². The molecule has 7 heteroatoms. The number of aromatic nitrogens is 2. The molecule has 0 bridgehead atoms. The van der Waals surface area contributed by atoms with E-state index in [1.54, 1.807) is 4.57 Å². The van der Waals surface area contributed by atoms with Crippen molar-refractivity contribution in [1.29, 1.82) is 0 Å². The Hall–Kier alpha value is -1.41. The van der Waals surface area contributed by atoms with Gasteiger partial charge in [-0.15, -0.1) is 0 Å². The van der Waals surface area contributed by atoms with E-state index in [2.05, 4.69) is 4.98 Å². The van der Waals surface area contributed by atoms with Gasteiger partial charge in [-0.1, -0.05) is 23.9 Å². The lowest BCUT2D eigenvalue weighted by Gasteiger charge is -2.25. The van der Waals surface area contributed by atoms with Crippen LogP contribution in [0, 0.1) is 0 Å².